The van der Waals surface area contributed by atoms with Crippen LogP contribution in [-0.2, 0) is 22.6 Å². The van der Waals surface area contributed by atoms with Gasteiger partial charge in [-0.15, -0.1) is 0 Å². The Kier molecular flexibility index (Phi) is 5.72. The van der Waals surface area contributed by atoms with Crippen molar-refractivity contribution in [3.05, 3.63) is 105 Å². The Morgan fingerprint density at radius 2 is 1.38 bits per heavy atom. The van der Waals surface area contributed by atoms with Crippen LogP contribution in [0.1, 0.15) is 11.1 Å². The van der Waals surface area contributed by atoms with E-state index in [0.717, 1.165) is 11.3 Å². The topological polar surface area (TPSA) is 40.6 Å². The van der Waals surface area contributed by atoms with Gasteiger partial charge in [-0.25, -0.2) is 4.90 Å². The number of fused-ring (bicyclic) bond motifs is 1. The molecule has 2 aliphatic heterocycles. The van der Waals surface area contributed by atoms with E-state index < -0.39 is 0 Å². The summed E-state index contributed by atoms with van der Waals surface area (Å²) in [5.41, 5.74) is 3.40. The van der Waals surface area contributed by atoms with Gasteiger partial charge in [0.15, 0.2) is 0 Å². The molecule has 0 saturated heterocycles. The molecule has 0 saturated carbocycles. The van der Waals surface area contributed by atoms with Gasteiger partial charge >= 0.3 is 0 Å². The first-order valence-corrected chi connectivity index (χ1v) is 11.7. The van der Waals surface area contributed by atoms with Gasteiger partial charge in [-0.3, -0.25) is 9.59 Å². The van der Waals surface area contributed by atoms with E-state index in [-0.39, 0.29) is 11.8 Å². The number of nitrogens with zero attached hydrogens (tertiary/aromatic N) is 2. The van der Waals surface area contributed by atoms with Gasteiger partial charge in [0.25, 0.3) is 11.8 Å². The number of hydrogen-bond donors (Lipinski definition) is 0. The minimum Gasteiger partial charge on any atom is -0.361 e. The summed E-state index contributed by atoms with van der Waals surface area (Å²) in [4.78, 5) is 31.7. The predicted molar refractivity (Wildman–Crippen MR) is 129 cm³/mol. The molecule has 0 fully saturated rings. The fourth-order valence-corrected chi connectivity index (χ4v) is 5.25. The van der Waals surface area contributed by atoms with Gasteiger partial charge in [0.1, 0.15) is 10.6 Å². The van der Waals surface area contributed by atoms with Crippen LogP contribution in [0.25, 0.3) is 0 Å². The quantitative estimate of drug-likeness (QED) is 0.434. The van der Waals surface area contributed by atoms with Crippen LogP contribution in [0.5, 0.6) is 0 Å². The Morgan fingerprint density at radius 1 is 0.750 bits per heavy atom. The molecule has 7 heteroatoms. The van der Waals surface area contributed by atoms with E-state index in [1.165, 1.54) is 27.8 Å². The summed E-state index contributed by atoms with van der Waals surface area (Å²) >= 11 is 13.3. The molecule has 2 amide bonds. The molecule has 4 nitrogen and oxygen atoms in total. The summed E-state index contributed by atoms with van der Waals surface area (Å²) in [5, 5.41) is 1.16. The normalized spacial score (nSPS) is 16.1. The summed E-state index contributed by atoms with van der Waals surface area (Å²) in [6.45, 7) is 1.26. The SMILES string of the molecule is O=C1C(Sc2ccc(Cl)cc2)=C(N2CCc3ccccc3C2)C(=O)N1c1ccc(Cl)cc1. The first kappa shape index (κ1) is 21.1. The average Bonchev–Trinajstić information content (AvgIpc) is 3.05. The summed E-state index contributed by atoms with van der Waals surface area (Å²) < 4.78 is 0. The van der Waals surface area contributed by atoms with Gasteiger partial charge in [0.2, 0.25) is 0 Å². The standard InChI is InChI=1S/C25H18Cl2N2O2S/c26-18-5-9-20(10-6-18)29-24(30)22(28-14-13-16-3-1-2-4-17(16)15-28)23(25(29)31)32-21-11-7-19(27)8-12-21/h1-12H,13-15H2. The zero-order valence-electron chi connectivity index (χ0n) is 16.9. The van der Waals surface area contributed by atoms with Gasteiger partial charge in [-0.05, 0) is 66.1 Å². The van der Waals surface area contributed by atoms with Crippen LogP contribution in [0.2, 0.25) is 10.0 Å². The third-order valence-electron chi connectivity index (χ3n) is 5.58. The molecule has 0 bridgehead atoms. The molecule has 3 aromatic rings. The molecule has 3 aromatic carbocycles. The number of carbonyl (C=O) groups excluding carboxylic acids is 2. The maximum absolute atomic E-state index is 13.6. The number of halogens is 2. The lowest BCUT2D eigenvalue weighted by atomic mass is 9.99. The molecule has 5 rings (SSSR count). The summed E-state index contributed by atoms with van der Waals surface area (Å²) in [7, 11) is 0. The highest BCUT2D eigenvalue weighted by molar-refractivity contribution is 8.04. The van der Waals surface area contributed by atoms with Crippen LogP contribution in [0.3, 0.4) is 0 Å². The molecule has 0 aromatic heterocycles. The fourth-order valence-electron chi connectivity index (χ4n) is 4.00. The van der Waals surface area contributed by atoms with Gasteiger partial charge in [0, 0.05) is 28.0 Å². The zero-order valence-corrected chi connectivity index (χ0v) is 19.3. The Bertz CT molecular complexity index is 1240. The van der Waals surface area contributed by atoms with E-state index in [1.54, 1.807) is 36.4 Å². The minimum atomic E-state index is -0.328. The van der Waals surface area contributed by atoms with Crippen molar-refractivity contribution in [2.45, 2.75) is 17.9 Å². The maximum atomic E-state index is 13.6. The second-order valence-electron chi connectivity index (χ2n) is 7.60. The molecular formula is C25H18Cl2N2O2S. The molecule has 0 aliphatic carbocycles. The summed E-state index contributed by atoms with van der Waals surface area (Å²) in [6, 6.07) is 22.2. The number of benzene rings is 3. The van der Waals surface area contributed by atoms with E-state index in [9.17, 15) is 9.59 Å². The molecule has 0 N–H and O–H groups in total. The lowest BCUT2D eigenvalue weighted by Gasteiger charge is -2.31. The number of rotatable bonds is 4. The van der Waals surface area contributed by atoms with E-state index >= 15 is 0 Å². The molecule has 0 radical (unpaired) electrons. The van der Waals surface area contributed by atoms with Crippen molar-refractivity contribution in [2.75, 3.05) is 11.4 Å². The third kappa shape index (κ3) is 3.92. The number of anilines is 1. The van der Waals surface area contributed by atoms with E-state index in [4.69, 9.17) is 23.2 Å². The lowest BCUT2D eigenvalue weighted by molar-refractivity contribution is -0.121. The van der Waals surface area contributed by atoms with Crippen molar-refractivity contribution in [2.24, 2.45) is 0 Å². The molecule has 0 atom stereocenters. The Hall–Kier alpha value is -2.73. The van der Waals surface area contributed by atoms with Crippen LogP contribution >= 0.6 is 35.0 Å². The van der Waals surface area contributed by atoms with E-state index in [1.807, 2.05) is 29.2 Å². The number of amides is 2. The highest BCUT2D eigenvalue weighted by atomic mass is 35.5. The van der Waals surface area contributed by atoms with Crippen molar-refractivity contribution >= 4 is 52.5 Å². The Balaban J connectivity index is 1.55. The molecule has 0 unspecified atom stereocenters. The molecule has 160 valence electrons. The van der Waals surface area contributed by atoms with E-state index in [0.29, 0.717) is 39.4 Å². The van der Waals surface area contributed by atoms with Gasteiger partial charge < -0.3 is 4.90 Å². The predicted octanol–water partition coefficient (Wildman–Crippen LogP) is 5.93. The van der Waals surface area contributed by atoms with Gasteiger partial charge in [-0.1, -0.05) is 59.2 Å². The highest BCUT2D eigenvalue weighted by Crippen LogP contribution is 2.40. The summed E-state index contributed by atoms with van der Waals surface area (Å²) in [5.74, 6) is -0.640. The number of thioether (sulfide) groups is 1. The number of carbonyl (C=O) groups is 2. The monoisotopic (exact) mass is 480 g/mol. The first-order valence-electron chi connectivity index (χ1n) is 10.1. The van der Waals surface area contributed by atoms with Gasteiger partial charge in [0.05, 0.1) is 5.69 Å². The van der Waals surface area contributed by atoms with Crippen molar-refractivity contribution in [3.63, 3.8) is 0 Å². The Labute approximate surface area is 200 Å². The third-order valence-corrected chi connectivity index (χ3v) is 7.17. The second-order valence-corrected chi connectivity index (χ2v) is 9.55. The minimum absolute atomic E-state index is 0.312. The largest absolute Gasteiger partial charge is 0.361 e. The van der Waals surface area contributed by atoms with Crippen molar-refractivity contribution < 1.29 is 9.59 Å². The van der Waals surface area contributed by atoms with Crippen molar-refractivity contribution in [1.29, 1.82) is 0 Å². The van der Waals surface area contributed by atoms with E-state index in [2.05, 4.69) is 12.1 Å². The molecule has 2 aliphatic rings. The van der Waals surface area contributed by atoms with Crippen LogP contribution in [0.4, 0.5) is 5.69 Å². The van der Waals surface area contributed by atoms with Crippen molar-refractivity contribution in [3.8, 4) is 0 Å². The zero-order chi connectivity index (χ0) is 22.2. The molecule has 32 heavy (non-hydrogen) atoms. The van der Waals surface area contributed by atoms with Crippen LogP contribution < -0.4 is 4.90 Å². The van der Waals surface area contributed by atoms with Crippen LogP contribution in [0.15, 0.2) is 88.3 Å². The molecule has 0 spiro atoms. The fraction of sp³-hybridized carbons (Fsp3) is 0.120. The summed E-state index contributed by atoms with van der Waals surface area (Å²) in [6.07, 6.45) is 0.820. The molecular weight excluding hydrogens is 463 g/mol. The maximum Gasteiger partial charge on any atom is 0.283 e. The Morgan fingerprint density at radius 3 is 2.06 bits per heavy atom. The second kappa shape index (κ2) is 8.66. The first-order chi connectivity index (χ1) is 15.5. The average molecular weight is 481 g/mol. The number of hydrogen-bond acceptors (Lipinski definition) is 4. The smallest absolute Gasteiger partial charge is 0.283 e. The molecule has 2 heterocycles. The van der Waals surface area contributed by atoms with Crippen LogP contribution in [0, 0.1) is 0 Å². The van der Waals surface area contributed by atoms with Crippen LogP contribution in [-0.4, -0.2) is 23.3 Å². The van der Waals surface area contributed by atoms with Crippen molar-refractivity contribution in [1.82, 2.24) is 4.90 Å². The lowest BCUT2D eigenvalue weighted by Crippen LogP contribution is -2.37. The highest BCUT2D eigenvalue weighted by Gasteiger charge is 2.43. The van der Waals surface area contributed by atoms with Gasteiger partial charge in [-0.2, -0.15) is 0 Å². The number of imide groups is 1.